The van der Waals surface area contributed by atoms with Gasteiger partial charge in [-0.25, -0.2) is 8.42 Å². The van der Waals surface area contributed by atoms with E-state index >= 15 is 0 Å². The monoisotopic (exact) mass is 397 g/mol. The molecule has 0 aliphatic rings. The van der Waals surface area contributed by atoms with E-state index in [1.165, 1.54) is 18.2 Å². The van der Waals surface area contributed by atoms with Gasteiger partial charge in [0.05, 0.1) is 4.90 Å². The topological polar surface area (TPSA) is 101 Å². The van der Waals surface area contributed by atoms with Crippen LogP contribution in [0, 0.1) is 6.92 Å². The van der Waals surface area contributed by atoms with Crippen LogP contribution in [0.3, 0.4) is 0 Å². The molecule has 0 saturated heterocycles. The lowest BCUT2D eigenvalue weighted by molar-refractivity contribution is 0.0946. The molecule has 2 rings (SSSR count). The molecule has 8 heteroatoms. The van der Waals surface area contributed by atoms with Gasteiger partial charge in [0.2, 0.25) is 0 Å². The van der Waals surface area contributed by atoms with E-state index < -0.39 is 15.6 Å². The molecule has 0 spiro atoms. The zero-order valence-corrected chi connectivity index (χ0v) is 16.6. The first-order valence-corrected chi connectivity index (χ1v) is 9.32. The normalized spacial score (nSPS) is 11.4. The molecular formula is C18H24ClN3O3S. The predicted octanol–water partition coefficient (Wildman–Crippen LogP) is 2.68. The second-order valence-electron chi connectivity index (χ2n) is 6.67. The largest absolute Gasteiger partial charge is 0.350 e. The van der Waals surface area contributed by atoms with Crippen molar-refractivity contribution in [3.05, 3.63) is 59.7 Å². The lowest BCUT2D eigenvalue weighted by Crippen LogP contribution is -2.45. The average Bonchev–Trinajstić information content (AvgIpc) is 2.51. The number of sulfonamides is 1. The van der Waals surface area contributed by atoms with E-state index in [4.69, 9.17) is 5.73 Å². The molecule has 2 aromatic rings. The number of hydrogen-bond donors (Lipinski definition) is 3. The van der Waals surface area contributed by atoms with Crippen LogP contribution in [0.25, 0.3) is 0 Å². The van der Waals surface area contributed by atoms with E-state index in [-0.39, 0.29) is 35.3 Å². The van der Waals surface area contributed by atoms with Crippen LogP contribution in [-0.2, 0) is 10.0 Å². The molecule has 0 heterocycles. The first kappa shape index (κ1) is 22.0. The summed E-state index contributed by atoms with van der Waals surface area (Å²) in [6, 6.07) is 12.9. The second kappa shape index (κ2) is 8.53. The Kier molecular flexibility index (Phi) is 7.20. The summed E-state index contributed by atoms with van der Waals surface area (Å²) >= 11 is 0. The van der Waals surface area contributed by atoms with Gasteiger partial charge in [-0.3, -0.25) is 9.52 Å². The molecule has 4 N–H and O–H groups in total. The van der Waals surface area contributed by atoms with E-state index in [2.05, 4.69) is 10.0 Å². The quantitative estimate of drug-likeness (QED) is 0.697. The lowest BCUT2D eigenvalue weighted by atomic mass is 10.1. The Bertz CT molecular complexity index is 877. The van der Waals surface area contributed by atoms with E-state index in [0.717, 1.165) is 5.56 Å². The molecule has 6 nitrogen and oxygen atoms in total. The molecule has 142 valence electrons. The van der Waals surface area contributed by atoms with Crippen molar-refractivity contribution >= 4 is 34.0 Å². The van der Waals surface area contributed by atoms with E-state index in [0.29, 0.717) is 5.69 Å². The van der Waals surface area contributed by atoms with Crippen LogP contribution >= 0.6 is 12.4 Å². The van der Waals surface area contributed by atoms with Gasteiger partial charge in [-0.1, -0.05) is 18.2 Å². The maximum Gasteiger partial charge on any atom is 0.261 e. The van der Waals surface area contributed by atoms with Crippen LogP contribution < -0.4 is 15.8 Å². The van der Waals surface area contributed by atoms with Crippen molar-refractivity contribution in [3.8, 4) is 0 Å². The van der Waals surface area contributed by atoms with Gasteiger partial charge in [-0.05, 0) is 56.7 Å². The summed E-state index contributed by atoms with van der Waals surface area (Å²) in [5.74, 6) is -0.369. The Morgan fingerprint density at radius 2 is 1.77 bits per heavy atom. The molecule has 0 aliphatic heterocycles. The van der Waals surface area contributed by atoms with Gasteiger partial charge in [0, 0.05) is 23.3 Å². The van der Waals surface area contributed by atoms with Gasteiger partial charge in [0.1, 0.15) is 0 Å². The number of carbonyl (C=O) groups excluding carboxylic acids is 1. The van der Waals surface area contributed by atoms with Crippen molar-refractivity contribution in [3.63, 3.8) is 0 Å². The number of amides is 1. The third-order valence-corrected chi connectivity index (χ3v) is 4.76. The molecule has 1 amide bonds. The number of nitrogens with one attached hydrogen (secondary N) is 2. The van der Waals surface area contributed by atoms with E-state index in [1.807, 2.05) is 13.0 Å². The van der Waals surface area contributed by atoms with Crippen molar-refractivity contribution in [1.29, 1.82) is 0 Å². The van der Waals surface area contributed by atoms with Gasteiger partial charge in [-0.15, -0.1) is 12.4 Å². The number of halogens is 1. The minimum absolute atomic E-state index is 0. The summed E-state index contributed by atoms with van der Waals surface area (Å²) in [5, 5.41) is 2.70. The summed E-state index contributed by atoms with van der Waals surface area (Å²) in [6.07, 6.45) is 0. The molecular weight excluding hydrogens is 374 g/mol. The van der Waals surface area contributed by atoms with E-state index in [9.17, 15) is 13.2 Å². The number of carbonyl (C=O) groups is 1. The zero-order chi connectivity index (χ0) is 18.7. The van der Waals surface area contributed by atoms with Crippen LogP contribution in [0.1, 0.15) is 29.8 Å². The smallest absolute Gasteiger partial charge is 0.261 e. The predicted molar refractivity (Wildman–Crippen MR) is 106 cm³/mol. The Hall–Kier alpha value is -2.09. The van der Waals surface area contributed by atoms with E-state index in [1.54, 1.807) is 38.1 Å². The molecule has 0 saturated carbocycles. The number of hydrogen-bond acceptors (Lipinski definition) is 4. The standard InChI is InChI=1S/C18H23N3O3S.ClH/c1-13-6-4-8-15(10-13)21-25(23,24)16-9-5-7-14(11-16)17(22)20-12-18(2,3)19;/h4-11,21H,12,19H2,1-3H3,(H,20,22);1H. The summed E-state index contributed by atoms with van der Waals surface area (Å²) < 4.78 is 27.6. The van der Waals surface area contributed by atoms with Gasteiger partial charge in [0.25, 0.3) is 15.9 Å². The van der Waals surface area contributed by atoms with Crippen LogP contribution in [-0.4, -0.2) is 26.4 Å². The van der Waals surface area contributed by atoms with Crippen molar-refractivity contribution in [2.24, 2.45) is 5.73 Å². The fraction of sp³-hybridized carbons (Fsp3) is 0.278. The number of anilines is 1. The SMILES string of the molecule is Cc1cccc(NS(=O)(=O)c2cccc(C(=O)NCC(C)(C)N)c2)c1.Cl. The molecule has 0 aromatic heterocycles. The molecule has 0 bridgehead atoms. The van der Waals surface area contributed by atoms with Crippen LogP contribution in [0.5, 0.6) is 0 Å². The first-order chi connectivity index (χ1) is 11.6. The number of benzene rings is 2. The molecule has 0 radical (unpaired) electrons. The zero-order valence-electron chi connectivity index (χ0n) is 14.9. The minimum Gasteiger partial charge on any atom is -0.350 e. The summed E-state index contributed by atoms with van der Waals surface area (Å²) in [4.78, 5) is 12.2. The maximum atomic E-state index is 12.5. The Labute approximate surface area is 160 Å². The highest BCUT2D eigenvalue weighted by Crippen LogP contribution is 2.18. The summed E-state index contributed by atoms with van der Waals surface area (Å²) in [5.41, 5.74) is 6.96. The Balaban J connectivity index is 0.00000338. The van der Waals surface area contributed by atoms with Crippen molar-refractivity contribution in [2.45, 2.75) is 31.2 Å². The number of rotatable bonds is 6. The van der Waals surface area contributed by atoms with Gasteiger partial charge in [0.15, 0.2) is 0 Å². The fourth-order valence-corrected chi connectivity index (χ4v) is 3.23. The highest BCUT2D eigenvalue weighted by Gasteiger charge is 2.18. The Morgan fingerprint density at radius 3 is 2.38 bits per heavy atom. The molecule has 0 aliphatic carbocycles. The summed E-state index contributed by atoms with van der Waals surface area (Å²) in [6.45, 7) is 5.74. The fourth-order valence-electron chi connectivity index (χ4n) is 2.14. The second-order valence-corrected chi connectivity index (χ2v) is 8.36. The van der Waals surface area contributed by atoms with Crippen molar-refractivity contribution in [1.82, 2.24) is 5.32 Å². The number of aryl methyl sites for hydroxylation is 1. The molecule has 0 unspecified atom stereocenters. The first-order valence-electron chi connectivity index (χ1n) is 7.83. The Morgan fingerprint density at radius 1 is 1.12 bits per heavy atom. The average molecular weight is 398 g/mol. The molecule has 0 atom stereocenters. The van der Waals surface area contributed by atoms with Gasteiger partial charge < -0.3 is 11.1 Å². The van der Waals surface area contributed by atoms with Gasteiger partial charge in [-0.2, -0.15) is 0 Å². The third kappa shape index (κ3) is 6.33. The van der Waals surface area contributed by atoms with Gasteiger partial charge >= 0.3 is 0 Å². The minimum atomic E-state index is -3.78. The molecule has 0 fully saturated rings. The maximum absolute atomic E-state index is 12.5. The molecule has 26 heavy (non-hydrogen) atoms. The van der Waals surface area contributed by atoms with Crippen LogP contribution in [0.4, 0.5) is 5.69 Å². The van der Waals surface area contributed by atoms with Crippen molar-refractivity contribution < 1.29 is 13.2 Å². The third-order valence-electron chi connectivity index (χ3n) is 3.38. The lowest BCUT2D eigenvalue weighted by Gasteiger charge is -2.19. The number of nitrogens with two attached hydrogens (primary N) is 1. The highest BCUT2D eigenvalue weighted by molar-refractivity contribution is 7.92. The highest BCUT2D eigenvalue weighted by atomic mass is 35.5. The summed E-state index contributed by atoms with van der Waals surface area (Å²) in [7, 11) is -3.78. The molecule has 2 aromatic carbocycles. The van der Waals surface area contributed by atoms with Crippen molar-refractivity contribution in [2.75, 3.05) is 11.3 Å². The van der Waals surface area contributed by atoms with Crippen LogP contribution in [0.15, 0.2) is 53.4 Å². The van der Waals surface area contributed by atoms with Crippen LogP contribution in [0.2, 0.25) is 0 Å².